The van der Waals surface area contributed by atoms with Gasteiger partial charge in [-0.15, -0.1) is 0 Å². The van der Waals surface area contributed by atoms with Gasteiger partial charge in [0.1, 0.15) is 5.54 Å². The molecule has 3 rings (SSSR count). The zero-order valence-corrected chi connectivity index (χ0v) is 13.7. The number of benzene rings is 1. The van der Waals surface area contributed by atoms with Gasteiger partial charge in [0.15, 0.2) is 0 Å². The summed E-state index contributed by atoms with van der Waals surface area (Å²) in [5.41, 5.74) is 1.91. The Hall–Kier alpha value is -2.34. The number of hydrogen-bond acceptors (Lipinski definition) is 3. The third kappa shape index (κ3) is 3.01. The summed E-state index contributed by atoms with van der Waals surface area (Å²) in [6.45, 7) is 2.78. The highest BCUT2D eigenvalue weighted by atomic mass is 16.5. The Balaban J connectivity index is 1.78. The number of rotatable bonds is 5. The maximum Gasteiger partial charge on any atom is 0.329 e. The van der Waals surface area contributed by atoms with Crippen LogP contribution < -0.4 is 5.32 Å². The molecule has 0 saturated carbocycles. The number of aromatic amines is 1. The first-order valence-corrected chi connectivity index (χ1v) is 8.26. The first-order valence-electron chi connectivity index (χ1n) is 8.26. The van der Waals surface area contributed by atoms with E-state index in [2.05, 4.69) is 23.3 Å². The van der Waals surface area contributed by atoms with Crippen LogP contribution >= 0.6 is 0 Å². The molecule has 0 bridgehead atoms. The molecule has 128 valence electrons. The number of carboxylic acid groups (broad SMARTS) is 1. The zero-order valence-electron chi connectivity index (χ0n) is 13.7. The van der Waals surface area contributed by atoms with Crippen LogP contribution in [0.5, 0.6) is 0 Å². The molecule has 6 heteroatoms. The van der Waals surface area contributed by atoms with Crippen LogP contribution in [0.4, 0.5) is 0 Å². The van der Waals surface area contributed by atoms with E-state index in [9.17, 15) is 14.7 Å². The Morgan fingerprint density at radius 3 is 2.71 bits per heavy atom. The van der Waals surface area contributed by atoms with E-state index in [-0.39, 0.29) is 12.3 Å². The van der Waals surface area contributed by atoms with Crippen molar-refractivity contribution in [3.05, 3.63) is 35.5 Å². The Kier molecular flexibility index (Phi) is 4.57. The van der Waals surface area contributed by atoms with Crippen molar-refractivity contribution >= 4 is 22.8 Å². The molecule has 1 aromatic carbocycles. The zero-order chi connectivity index (χ0) is 17.2. The van der Waals surface area contributed by atoms with Crippen LogP contribution in [-0.4, -0.2) is 40.7 Å². The number of amides is 1. The number of carbonyl (C=O) groups is 2. The molecule has 3 N–H and O–H groups in total. The molecule has 0 aliphatic carbocycles. The van der Waals surface area contributed by atoms with Gasteiger partial charge in [0.2, 0.25) is 5.91 Å². The van der Waals surface area contributed by atoms with Crippen LogP contribution in [0.15, 0.2) is 24.4 Å². The number of carboxylic acids is 1. The summed E-state index contributed by atoms with van der Waals surface area (Å²) in [6, 6.07) is 6.02. The van der Waals surface area contributed by atoms with Crippen LogP contribution in [0.3, 0.4) is 0 Å². The maximum atomic E-state index is 12.5. The number of para-hydroxylation sites is 1. The van der Waals surface area contributed by atoms with Crippen LogP contribution in [-0.2, 0) is 27.2 Å². The molecule has 1 saturated heterocycles. The summed E-state index contributed by atoms with van der Waals surface area (Å²) in [7, 11) is 0. The average Bonchev–Trinajstić information content (AvgIpc) is 2.98. The Bertz CT molecular complexity index is 759. The van der Waals surface area contributed by atoms with E-state index < -0.39 is 11.5 Å². The largest absolute Gasteiger partial charge is 0.480 e. The second-order valence-corrected chi connectivity index (χ2v) is 6.23. The number of nitrogens with one attached hydrogen (secondary N) is 2. The molecular weight excluding hydrogens is 308 g/mol. The number of H-pyrrole nitrogens is 1. The lowest BCUT2D eigenvalue weighted by molar-refractivity contribution is -0.152. The molecule has 1 fully saturated rings. The fourth-order valence-corrected chi connectivity index (χ4v) is 3.31. The molecule has 0 atom stereocenters. The smallest absolute Gasteiger partial charge is 0.329 e. The van der Waals surface area contributed by atoms with Gasteiger partial charge < -0.3 is 20.1 Å². The fraction of sp³-hybridized carbons (Fsp3) is 0.444. The quantitative estimate of drug-likeness (QED) is 0.782. The number of aliphatic carboxylic acids is 1. The molecule has 6 nitrogen and oxygen atoms in total. The molecule has 0 unspecified atom stereocenters. The lowest BCUT2D eigenvalue weighted by Crippen LogP contribution is -2.57. The van der Waals surface area contributed by atoms with E-state index in [1.165, 1.54) is 5.56 Å². The number of aryl methyl sites for hydroxylation is 1. The van der Waals surface area contributed by atoms with Crippen molar-refractivity contribution < 1.29 is 19.4 Å². The molecule has 0 spiro atoms. The van der Waals surface area contributed by atoms with E-state index in [4.69, 9.17) is 4.74 Å². The van der Waals surface area contributed by atoms with Crippen molar-refractivity contribution in [3.63, 3.8) is 0 Å². The van der Waals surface area contributed by atoms with Crippen LogP contribution in [0.25, 0.3) is 10.9 Å². The average molecular weight is 330 g/mol. The standard InChI is InChI=1S/C18H22N2O4/c1-2-12-4-3-5-14-13(11-19-16(12)14)10-15(21)20-18(17(22)23)6-8-24-9-7-18/h3-5,11,19H,2,6-10H2,1H3,(H,20,21)(H,22,23). The number of fused-ring (bicyclic) bond motifs is 1. The summed E-state index contributed by atoms with van der Waals surface area (Å²) in [5.74, 6) is -1.27. The van der Waals surface area contributed by atoms with E-state index >= 15 is 0 Å². The molecule has 1 aromatic heterocycles. The third-order valence-corrected chi connectivity index (χ3v) is 4.75. The minimum Gasteiger partial charge on any atom is -0.480 e. The van der Waals surface area contributed by atoms with Crippen LogP contribution in [0, 0.1) is 0 Å². The number of carbonyl (C=O) groups excluding carboxylic acids is 1. The molecule has 2 heterocycles. The van der Waals surface area contributed by atoms with Gasteiger partial charge in [-0.1, -0.05) is 25.1 Å². The van der Waals surface area contributed by atoms with E-state index in [0.717, 1.165) is 22.9 Å². The number of ether oxygens (including phenoxy) is 1. The molecule has 2 aromatic rings. The van der Waals surface area contributed by atoms with Gasteiger partial charge in [-0.05, 0) is 17.5 Å². The monoisotopic (exact) mass is 330 g/mol. The SMILES string of the molecule is CCc1cccc2c(CC(=O)NC3(C(=O)O)CCOCC3)c[nH]c12. The highest BCUT2D eigenvalue weighted by molar-refractivity contribution is 5.92. The van der Waals surface area contributed by atoms with Crippen molar-refractivity contribution in [1.29, 1.82) is 0 Å². The summed E-state index contributed by atoms with van der Waals surface area (Å²) in [6.07, 6.45) is 3.49. The molecule has 1 aliphatic heterocycles. The first kappa shape index (κ1) is 16.5. The second kappa shape index (κ2) is 6.65. The summed E-state index contributed by atoms with van der Waals surface area (Å²) < 4.78 is 5.23. The summed E-state index contributed by atoms with van der Waals surface area (Å²) in [5, 5.41) is 13.3. The fourth-order valence-electron chi connectivity index (χ4n) is 3.31. The minimum atomic E-state index is -1.21. The highest BCUT2D eigenvalue weighted by Crippen LogP contribution is 2.24. The van der Waals surface area contributed by atoms with Gasteiger partial charge in [-0.2, -0.15) is 0 Å². The molecule has 0 radical (unpaired) electrons. The van der Waals surface area contributed by atoms with Gasteiger partial charge in [-0.3, -0.25) is 4.79 Å². The lowest BCUT2D eigenvalue weighted by atomic mass is 9.89. The van der Waals surface area contributed by atoms with Crippen molar-refractivity contribution in [2.24, 2.45) is 0 Å². The lowest BCUT2D eigenvalue weighted by Gasteiger charge is -2.33. The van der Waals surface area contributed by atoms with E-state index in [1.54, 1.807) is 0 Å². The minimum absolute atomic E-state index is 0.156. The molecular formula is C18H22N2O4. The van der Waals surface area contributed by atoms with Crippen molar-refractivity contribution in [1.82, 2.24) is 10.3 Å². The molecule has 1 aliphatic rings. The van der Waals surface area contributed by atoms with Crippen molar-refractivity contribution in [2.45, 2.75) is 38.1 Å². The summed E-state index contributed by atoms with van der Waals surface area (Å²) in [4.78, 5) is 27.3. The first-order chi connectivity index (χ1) is 11.6. The van der Waals surface area contributed by atoms with Gasteiger partial charge in [0, 0.05) is 43.2 Å². The van der Waals surface area contributed by atoms with Gasteiger partial charge in [0.05, 0.1) is 6.42 Å². The normalized spacial score (nSPS) is 16.9. The van der Waals surface area contributed by atoms with Crippen molar-refractivity contribution in [2.75, 3.05) is 13.2 Å². The van der Waals surface area contributed by atoms with E-state index in [0.29, 0.717) is 26.1 Å². The topological polar surface area (TPSA) is 91.4 Å². The predicted octanol–water partition coefficient (Wildman–Crippen LogP) is 2.02. The van der Waals surface area contributed by atoms with E-state index in [1.807, 2.05) is 18.3 Å². The van der Waals surface area contributed by atoms with Crippen molar-refractivity contribution in [3.8, 4) is 0 Å². The Morgan fingerprint density at radius 1 is 1.29 bits per heavy atom. The third-order valence-electron chi connectivity index (χ3n) is 4.75. The van der Waals surface area contributed by atoms with Gasteiger partial charge in [0.25, 0.3) is 0 Å². The van der Waals surface area contributed by atoms with Crippen LogP contribution in [0.1, 0.15) is 30.9 Å². The number of aromatic nitrogens is 1. The predicted molar refractivity (Wildman–Crippen MR) is 89.9 cm³/mol. The van der Waals surface area contributed by atoms with Crippen LogP contribution in [0.2, 0.25) is 0 Å². The van der Waals surface area contributed by atoms with Gasteiger partial charge >= 0.3 is 5.97 Å². The molecule has 1 amide bonds. The number of hydrogen-bond donors (Lipinski definition) is 3. The second-order valence-electron chi connectivity index (χ2n) is 6.23. The van der Waals surface area contributed by atoms with Gasteiger partial charge in [-0.25, -0.2) is 4.79 Å². The highest BCUT2D eigenvalue weighted by Gasteiger charge is 2.41. The maximum absolute atomic E-state index is 12.5. The summed E-state index contributed by atoms with van der Waals surface area (Å²) >= 11 is 0. The molecule has 24 heavy (non-hydrogen) atoms. The Labute approximate surface area is 140 Å². The Morgan fingerprint density at radius 2 is 2.04 bits per heavy atom.